The van der Waals surface area contributed by atoms with E-state index in [1.807, 2.05) is 6.07 Å². The van der Waals surface area contributed by atoms with Crippen LogP contribution < -0.4 is 14.9 Å². The largest absolute Gasteiger partial charge is 0.485 e. The molecule has 1 aliphatic heterocycles. The Morgan fingerprint density at radius 3 is 2.76 bits per heavy atom. The summed E-state index contributed by atoms with van der Waals surface area (Å²) in [5.41, 5.74) is 3.34. The van der Waals surface area contributed by atoms with E-state index in [0.717, 1.165) is 0 Å². The predicted octanol–water partition coefficient (Wildman–Crippen LogP) is 2.28. The SMILES string of the molecule is CC(=NNC(=O)[C@@H]1COc2ccccc2O1)c1cccc([N+](=O)[O-])c1. The zero-order valence-electron chi connectivity index (χ0n) is 13.3. The van der Waals surface area contributed by atoms with E-state index in [9.17, 15) is 14.9 Å². The molecular weight excluding hydrogens is 326 g/mol. The number of nitro benzene ring substituents is 1. The van der Waals surface area contributed by atoms with Gasteiger partial charge in [0.25, 0.3) is 11.6 Å². The molecule has 2 aromatic rings. The summed E-state index contributed by atoms with van der Waals surface area (Å²) >= 11 is 0. The molecule has 0 fully saturated rings. The molecule has 1 amide bonds. The topological polar surface area (TPSA) is 103 Å². The quantitative estimate of drug-likeness (QED) is 0.522. The van der Waals surface area contributed by atoms with Crippen molar-refractivity contribution in [1.82, 2.24) is 5.43 Å². The summed E-state index contributed by atoms with van der Waals surface area (Å²) in [5, 5.41) is 14.8. The summed E-state index contributed by atoms with van der Waals surface area (Å²) in [6.45, 7) is 1.72. The van der Waals surface area contributed by atoms with Gasteiger partial charge in [0.1, 0.15) is 6.61 Å². The highest BCUT2D eigenvalue weighted by Gasteiger charge is 2.27. The van der Waals surface area contributed by atoms with Crippen LogP contribution in [0.5, 0.6) is 11.5 Å². The summed E-state index contributed by atoms with van der Waals surface area (Å²) < 4.78 is 11.1. The smallest absolute Gasteiger partial charge is 0.284 e. The summed E-state index contributed by atoms with van der Waals surface area (Å²) in [7, 11) is 0. The molecule has 0 aromatic heterocycles. The van der Waals surface area contributed by atoms with E-state index in [1.165, 1.54) is 12.1 Å². The van der Waals surface area contributed by atoms with Gasteiger partial charge in [-0.25, -0.2) is 5.43 Å². The summed E-state index contributed by atoms with van der Waals surface area (Å²) in [6, 6.07) is 13.1. The normalized spacial score (nSPS) is 16.2. The van der Waals surface area contributed by atoms with E-state index in [1.54, 1.807) is 37.3 Å². The third kappa shape index (κ3) is 3.74. The fourth-order valence-electron chi connectivity index (χ4n) is 2.27. The number of hydrogen-bond donors (Lipinski definition) is 1. The van der Waals surface area contributed by atoms with Gasteiger partial charge in [-0.05, 0) is 19.1 Å². The lowest BCUT2D eigenvalue weighted by molar-refractivity contribution is -0.384. The van der Waals surface area contributed by atoms with Crippen molar-refractivity contribution in [3.8, 4) is 11.5 Å². The fraction of sp³-hybridized carbons (Fsp3) is 0.176. The number of hydrazone groups is 1. The van der Waals surface area contributed by atoms with Crippen molar-refractivity contribution in [2.75, 3.05) is 6.61 Å². The van der Waals surface area contributed by atoms with E-state index >= 15 is 0 Å². The molecule has 8 heteroatoms. The van der Waals surface area contributed by atoms with Crippen LogP contribution in [-0.4, -0.2) is 29.3 Å². The minimum absolute atomic E-state index is 0.0426. The molecule has 0 saturated heterocycles. The monoisotopic (exact) mass is 341 g/mol. The van der Waals surface area contributed by atoms with Gasteiger partial charge in [0.15, 0.2) is 11.5 Å². The van der Waals surface area contributed by atoms with Crippen molar-refractivity contribution in [1.29, 1.82) is 0 Å². The molecule has 0 aliphatic carbocycles. The molecule has 25 heavy (non-hydrogen) atoms. The highest BCUT2D eigenvalue weighted by atomic mass is 16.6. The van der Waals surface area contributed by atoms with E-state index in [4.69, 9.17) is 9.47 Å². The van der Waals surface area contributed by atoms with Crippen molar-refractivity contribution in [3.05, 3.63) is 64.2 Å². The lowest BCUT2D eigenvalue weighted by Gasteiger charge is -2.24. The Balaban J connectivity index is 1.66. The van der Waals surface area contributed by atoms with Gasteiger partial charge in [0.05, 0.1) is 10.6 Å². The molecule has 3 rings (SSSR count). The van der Waals surface area contributed by atoms with Crippen molar-refractivity contribution in [2.45, 2.75) is 13.0 Å². The summed E-state index contributed by atoms with van der Waals surface area (Å²) in [5.74, 6) is 0.621. The molecular formula is C17H15N3O5. The van der Waals surface area contributed by atoms with Crippen LogP contribution in [0.2, 0.25) is 0 Å². The zero-order valence-corrected chi connectivity index (χ0v) is 13.3. The molecule has 0 bridgehead atoms. The van der Waals surface area contributed by atoms with Crippen LogP contribution >= 0.6 is 0 Å². The second-order valence-electron chi connectivity index (χ2n) is 5.34. The Morgan fingerprint density at radius 1 is 1.24 bits per heavy atom. The number of amides is 1. The van der Waals surface area contributed by atoms with Crippen molar-refractivity contribution >= 4 is 17.3 Å². The first-order valence-electron chi connectivity index (χ1n) is 7.52. The Bertz CT molecular complexity index is 850. The van der Waals surface area contributed by atoms with Gasteiger partial charge < -0.3 is 9.47 Å². The highest BCUT2D eigenvalue weighted by molar-refractivity contribution is 5.99. The molecule has 8 nitrogen and oxygen atoms in total. The van der Waals surface area contributed by atoms with E-state index < -0.39 is 16.9 Å². The average molecular weight is 341 g/mol. The molecule has 1 aliphatic rings. The first kappa shape index (κ1) is 16.4. The number of fused-ring (bicyclic) bond motifs is 1. The van der Waals surface area contributed by atoms with Gasteiger partial charge >= 0.3 is 0 Å². The average Bonchev–Trinajstić information content (AvgIpc) is 2.65. The summed E-state index contributed by atoms with van der Waals surface area (Å²) in [4.78, 5) is 22.5. The van der Waals surface area contributed by atoms with Crippen molar-refractivity contribution in [2.24, 2.45) is 5.10 Å². The number of ether oxygens (including phenoxy) is 2. The lowest BCUT2D eigenvalue weighted by Crippen LogP contribution is -2.42. The number of nitro groups is 1. The molecule has 0 spiro atoms. The number of rotatable bonds is 4. The summed E-state index contributed by atoms with van der Waals surface area (Å²) in [6.07, 6.45) is -0.823. The van der Waals surface area contributed by atoms with E-state index in [2.05, 4.69) is 10.5 Å². The van der Waals surface area contributed by atoms with E-state index in [-0.39, 0.29) is 12.3 Å². The Hall–Kier alpha value is -3.42. The van der Waals surface area contributed by atoms with Crippen LogP contribution in [-0.2, 0) is 4.79 Å². The minimum Gasteiger partial charge on any atom is -0.485 e. The van der Waals surface area contributed by atoms with Gasteiger partial charge in [-0.2, -0.15) is 5.10 Å². The van der Waals surface area contributed by atoms with E-state index in [0.29, 0.717) is 22.8 Å². The van der Waals surface area contributed by atoms with Crippen LogP contribution in [0.25, 0.3) is 0 Å². The molecule has 1 heterocycles. The van der Waals surface area contributed by atoms with Crippen molar-refractivity contribution in [3.63, 3.8) is 0 Å². The standard InChI is InChI=1S/C17H15N3O5/c1-11(12-5-4-6-13(9-12)20(22)23)18-19-17(21)16-10-24-14-7-2-3-8-15(14)25-16/h2-9,16H,10H2,1H3,(H,19,21)/t16-/m0/s1. The predicted molar refractivity (Wildman–Crippen MR) is 89.8 cm³/mol. The number of benzene rings is 2. The van der Waals surface area contributed by atoms with Crippen LogP contribution in [0.3, 0.4) is 0 Å². The Labute approximate surface area is 143 Å². The maximum atomic E-state index is 12.2. The number of non-ortho nitro benzene ring substituents is 1. The third-order valence-corrected chi connectivity index (χ3v) is 3.61. The second-order valence-corrected chi connectivity index (χ2v) is 5.34. The molecule has 0 unspecified atom stereocenters. The van der Waals surface area contributed by atoms with Crippen LogP contribution in [0.4, 0.5) is 5.69 Å². The lowest BCUT2D eigenvalue weighted by atomic mass is 10.1. The van der Waals surface area contributed by atoms with Gasteiger partial charge in [-0.1, -0.05) is 24.3 Å². The maximum Gasteiger partial charge on any atom is 0.284 e. The van der Waals surface area contributed by atoms with Crippen molar-refractivity contribution < 1.29 is 19.2 Å². The highest BCUT2D eigenvalue weighted by Crippen LogP contribution is 2.30. The van der Waals surface area contributed by atoms with Crippen LogP contribution in [0, 0.1) is 10.1 Å². The molecule has 2 aromatic carbocycles. The Kier molecular flexibility index (Phi) is 4.60. The van der Waals surface area contributed by atoms with Crippen LogP contribution in [0.1, 0.15) is 12.5 Å². The molecule has 1 atom stereocenters. The number of nitrogens with one attached hydrogen (secondary N) is 1. The first-order valence-corrected chi connectivity index (χ1v) is 7.52. The molecule has 0 saturated carbocycles. The number of carbonyl (C=O) groups is 1. The number of nitrogens with zero attached hydrogens (tertiary/aromatic N) is 2. The van der Waals surface area contributed by atoms with Gasteiger partial charge in [0.2, 0.25) is 6.10 Å². The fourth-order valence-corrected chi connectivity index (χ4v) is 2.27. The van der Waals surface area contributed by atoms with Gasteiger partial charge in [0, 0.05) is 17.7 Å². The Morgan fingerprint density at radius 2 is 2.00 bits per heavy atom. The number of hydrogen-bond acceptors (Lipinski definition) is 6. The molecule has 128 valence electrons. The molecule has 1 N–H and O–H groups in total. The number of carbonyl (C=O) groups excluding carboxylic acids is 1. The second kappa shape index (κ2) is 7.00. The van der Waals surface area contributed by atoms with Crippen LogP contribution in [0.15, 0.2) is 53.6 Å². The first-order chi connectivity index (χ1) is 12.0. The number of para-hydroxylation sites is 2. The maximum absolute atomic E-state index is 12.2. The minimum atomic E-state index is -0.823. The van der Waals surface area contributed by atoms with Gasteiger partial charge in [-0.15, -0.1) is 0 Å². The molecule has 0 radical (unpaired) electrons. The third-order valence-electron chi connectivity index (χ3n) is 3.61. The van der Waals surface area contributed by atoms with Gasteiger partial charge in [-0.3, -0.25) is 14.9 Å². The zero-order chi connectivity index (χ0) is 17.8.